The van der Waals surface area contributed by atoms with Crippen LogP contribution in [0.3, 0.4) is 0 Å². The molecule has 4 nitrogen and oxygen atoms in total. The number of hydrogen-bond acceptors (Lipinski definition) is 2. The Kier molecular flexibility index (Phi) is 8.56. The molecule has 0 bridgehead atoms. The van der Waals surface area contributed by atoms with Crippen molar-refractivity contribution >= 4 is 23.6 Å². The molecule has 0 spiro atoms. The molecule has 0 saturated heterocycles. The van der Waals surface area contributed by atoms with Gasteiger partial charge >= 0.3 is 6.18 Å². The van der Waals surface area contributed by atoms with Gasteiger partial charge in [-0.1, -0.05) is 63.4 Å². The Balaban J connectivity index is 2.42. The Morgan fingerprint density at radius 2 is 1.67 bits per heavy atom. The first-order valence-electron chi connectivity index (χ1n) is 10.1. The van der Waals surface area contributed by atoms with Gasteiger partial charge in [0.15, 0.2) is 0 Å². The number of nitrogens with one attached hydrogen (secondary N) is 2. The van der Waals surface area contributed by atoms with E-state index in [0.717, 1.165) is 17.7 Å². The SMILES string of the molecule is C=C/C=C(\C=C)NC(=O)/C(=C/c1ccc(C(C)C)cc1)C(=O)Nc1cccc(C(F)(F)F)c1. The van der Waals surface area contributed by atoms with Crippen LogP contribution in [0.1, 0.15) is 36.5 Å². The number of allylic oxidation sites excluding steroid dienone is 3. The minimum atomic E-state index is -4.57. The van der Waals surface area contributed by atoms with E-state index < -0.39 is 23.6 Å². The monoisotopic (exact) mass is 454 g/mol. The van der Waals surface area contributed by atoms with Crippen LogP contribution >= 0.6 is 0 Å². The molecule has 0 fully saturated rings. The van der Waals surface area contributed by atoms with E-state index in [9.17, 15) is 22.8 Å². The van der Waals surface area contributed by atoms with Crippen LogP contribution in [-0.4, -0.2) is 11.8 Å². The molecule has 0 aliphatic heterocycles. The Labute approximate surface area is 191 Å². The van der Waals surface area contributed by atoms with E-state index in [-0.39, 0.29) is 11.3 Å². The van der Waals surface area contributed by atoms with E-state index >= 15 is 0 Å². The second kappa shape index (κ2) is 11.1. The third-order valence-corrected chi connectivity index (χ3v) is 4.63. The molecule has 0 radical (unpaired) electrons. The lowest BCUT2D eigenvalue weighted by atomic mass is 10.0. The van der Waals surface area contributed by atoms with Gasteiger partial charge < -0.3 is 10.6 Å². The van der Waals surface area contributed by atoms with E-state index in [1.54, 1.807) is 12.1 Å². The molecule has 0 aliphatic rings. The predicted octanol–water partition coefficient (Wildman–Crippen LogP) is 6.22. The molecular formula is C26H25F3N2O2. The summed E-state index contributed by atoms with van der Waals surface area (Å²) in [6.07, 6.45) is 1.11. The molecule has 0 heterocycles. The van der Waals surface area contributed by atoms with E-state index in [1.807, 2.05) is 26.0 Å². The summed E-state index contributed by atoms with van der Waals surface area (Å²) >= 11 is 0. The fourth-order valence-electron chi connectivity index (χ4n) is 2.84. The fraction of sp³-hybridized carbons (Fsp3) is 0.154. The lowest BCUT2D eigenvalue weighted by Crippen LogP contribution is -2.30. The lowest BCUT2D eigenvalue weighted by molar-refractivity contribution is -0.137. The van der Waals surface area contributed by atoms with Gasteiger partial charge in [-0.2, -0.15) is 13.2 Å². The summed E-state index contributed by atoms with van der Waals surface area (Å²) in [6, 6.07) is 11.5. The summed E-state index contributed by atoms with van der Waals surface area (Å²) in [6.45, 7) is 11.2. The highest BCUT2D eigenvalue weighted by atomic mass is 19.4. The maximum absolute atomic E-state index is 13.0. The van der Waals surface area contributed by atoms with Crippen molar-refractivity contribution in [3.63, 3.8) is 0 Å². The predicted molar refractivity (Wildman–Crippen MR) is 125 cm³/mol. The Hall–Kier alpha value is -3.87. The van der Waals surface area contributed by atoms with Crippen molar-refractivity contribution in [1.29, 1.82) is 0 Å². The van der Waals surface area contributed by atoms with Gasteiger partial charge in [0.2, 0.25) is 0 Å². The van der Waals surface area contributed by atoms with Crippen LogP contribution < -0.4 is 10.6 Å². The van der Waals surface area contributed by atoms with Crippen molar-refractivity contribution in [2.24, 2.45) is 0 Å². The average molecular weight is 454 g/mol. The third kappa shape index (κ3) is 7.35. The second-order valence-corrected chi connectivity index (χ2v) is 7.43. The van der Waals surface area contributed by atoms with Crippen molar-refractivity contribution in [2.75, 3.05) is 5.32 Å². The van der Waals surface area contributed by atoms with Crippen LogP contribution in [0, 0.1) is 0 Å². The number of benzene rings is 2. The number of anilines is 1. The zero-order chi connectivity index (χ0) is 24.6. The molecule has 2 amide bonds. The Bertz CT molecular complexity index is 1100. The number of carbonyl (C=O) groups excluding carboxylic acids is 2. The van der Waals surface area contributed by atoms with Gasteiger partial charge in [0.25, 0.3) is 11.8 Å². The third-order valence-electron chi connectivity index (χ3n) is 4.63. The molecule has 0 saturated carbocycles. The molecule has 2 rings (SSSR count). The molecule has 2 N–H and O–H groups in total. The van der Waals surface area contributed by atoms with E-state index in [2.05, 4.69) is 23.8 Å². The van der Waals surface area contributed by atoms with Gasteiger partial charge in [-0.05, 0) is 53.5 Å². The van der Waals surface area contributed by atoms with E-state index in [1.165, 1.54) is 36.4 Å². The van der Waals surface area contributed by atoms with E-state index in [0.29, 0.717) is 17.2 Å². The number of hydrogen-bond donors (Lipinski definition) is 2. The van der Waals surface area contributed by atoms with E-state index in [4.69, 9.17) is 0 Å². The molecule has 172 valence electrons. The molecule has 0 unspecified atom stereocenters. The van der Waals surface area contributed by atoms with Gasteiger partial charge in [-0.25, -0.2) is 0 Å². The number of alkyl halides is 3. The first-order valence-corrected chi connectivity index (χ1v) is 10.1. The average Bonchev–Trinajstić information content (AvgIpc) is 2.76. The van der Waals surface area contributed by atoms with Crippen LogP contribution in [0.5, 0.6) is 0 Å². The Morgan fingerprint density at radius 3 is 2.21 bits per heavy atom. The maximum atomic E-state index is 13.0. The first-order chi connectivity index (χ1) is 15.5. The van der Waals surface area contributed by atoms with Crippen LogP contribution in [0.25, 0.3) is 6.08 Å². The van der Waals surface area contributed by atoms with Gasteiger partial charge in [-0.15, -0.1) is 0 Å². The van der Waals surface area contributed by atoms with Crippen molar-refractivity contribution < 1.29 is 22.8 Å². The molecular weight excluding hydrogens is 429 g/mol. The molecule has 2 aromatic rings. The van der Waals surface area contributed by atoms with Crippen molar-refractivity contribution in [2.45, 2.75) is 25.9 Å². The Morgan fingerprint density at radius 1 is 1.00 bits per heavy atom. The highest BCUT2D eigenvalue weighted by Gasteiger charge is 2.30. The van der Waals surface area contributed by atoms with Crippen molar-refractivity contribution in [1.82, 2.24) is 5.32 Å². The topological polar surface area (TPSA) is 58.2 Å². The van der Waals surface area contributed by atoms with Gasteiger partial charge in [-0.3, -0.25) is 9.59 Å². The zero-order valence-electron chi connectivity index (χ0n) is 18.4. The summed E-state index contributed by atoms with van der Waals surface area (Å²) in [7, 11) is 0. The minimum Gasteiger partial charge on any atom is -0.322 e. The van der Waals surface area contributed by atoms with Gasteiger partial charge in [0, 0.05) is 11.4 Å². The summed E-state index contributed by atoms with van der Waals surface area (Å²) in [5, 5.41) is 4.92. The normalized spacial score (nSPS) is 12.3. The van der Waals surface area contributed by atoms with Crippen LogP contribution in [0.4, 0.5) is 18.9 Å². The molecule has 2 aromatic carbocycles. The van der Waals surface area contributed by atoms with Gasteiger partial charge in [0.05, 0.1) is 5.56 Å². The van der Waals surface area contributed by atoms with Crippen molar-refractivity contribution in [3.05, 3.63) is 108 Å². The highest BCUT2D eigenvalue weighted by molar-refractivity contribution is 6.26. The number of rotatable bonds is 8. The second-order valence-electron chi connectivity index (χ2n) is 7.43. The summed E-state index contributed by atoms with van der Waals surface area (Å²) < 4.78 is 39.0. The molecule has 33 heavy (non-hydrogen) atoms. The zero-order valence-corrected chi connectivity index (χ0v) is 18.4. The number of carbonyl (C=O) groups is 2. The largest absolute Gasteiger partial charge is 0.416 e. The molecule has 7 heteroatoms. The summed E-state index contributed by atoms with van der Waals surface area (Å²) in [5.74, 6) is -1.31. The van der Waals surface area contributed by atoms with Crippen molar-refractivity contribution in [3.8, 4) is 0 Å². The molecule has 0 aromatic heterocycles. The molecule has 0 atom stereocenters. The highest BCUT2D eigenvalue weighted by Crippen LogP contribution is 2.30. The standard InChI is InChI=1S/C26H25F3N2O2/c1-5-8-21(6-2)30-24(32)23(15-18-11-13-19(14-12-18)17(3)4)25(33)31-22-10-7-9-20(16-22)26(27,28)29/h5-17H,1-2H2,3-4H3,(H,30,32)(H,31,33)/b21-8+,23-15-. The number of halogens is 3. The number of amides is 2. The molecule has 0 aliphatic carbocycles. The first kappa shape index (κ1) is 25.4. The fourth-order valence-corrected chi connectivity index (χ4v) is 2.84. The van der Waals surface area contributed by atoms with Crippen LogP contribution in [-0.2, 0) is 15.8 Å². The summed E-state index contributed by atoms with van der Waals surface area (Å²) in [5.41, 5.74) is 0.673. The minimum absolute atomic E-state index is 0.0886. The lowest BCUT2D eigenvalue weighted by Gasteiger charge is -2.13. The van der Waals surface area contributed by atoms with Crippen LogP contribution in [0.15, 0.2) is 91.2 Å². The smallest absolute Gasteiger partial charge is 0.322 e. The van der Waals surface area contributed by atoms with Crippen LogP contribution in [0.2, 0.25) is 0 Å². The quantitative estimate of drug-likeness (QED) is 0.215. The summed E-state index contributed by atoms with van der Waals surface area (Å²) in [4.78, 5) is 25.8. The maximum Gasteiger partial charge on any atom is 0.416 e. The van der Waals surface area contributed by atoms with Gasteiger partial charge in [0.1, 0.15) is 5.57 Å².